The molecule has 2 aromatic carbocycles. The number of benzene rings is 2. The van der Waals surface area contributed by atoms with E-state index in [9.17, 15) is 8.42 Å². The molecule has 8 heteroatoms. The van der Waals surface area contributed by atoms with Crippen LogP contribution in [0.25, 0.3) is 10.9 Å². The van der Waals surface area contributed by atoms with Gasteiger partial charge in [-0.25, -0.2) is 13.4 Å². The van der Waals surface area contributed by atoms with Gasteiger partial charge in [0.1, 0.15) is 10.9 Å². The van der Waals surface area contributed by atoms with Gasteiger partial charge in [0.25, 0.3) is 0 Å². The van der Waals surface area contributed by atoms with Crippen molar-refractivity contribution in [3.8, 4) is 5.75 Å². The molecule has 0 spiro atoms. The first-order valence-corrected chi connectivity index (χ1v) is 11.3. The number of ether oxygens (including phenoxy) is 1. The van der Waals surface area contributed by atoms with Gasteiger partial charge in [0.05, 0.1) is 30.6 Å². The van der Waals surface area contributed by atoms with E-state index in [0.717, 1.165) is 38.4 Å². The maximum Gasteiger partial charge on any atom is 0.247 e. The van der Waals surface area contributed by atoms with Crippen molar-refractivity contribution in [2.75, 3.05) is 13.4 Å². The minimum Gasteiger partial charge on any atom is -0.497 e. The second kappa shape index (κ2) is 7.31. The van der Waals surface area contributed by atoms with Crippen LogP contribution in [0.4, 0.5) is 0 Å². The van der Waals surface area contributed by atoms with Gasteiger partial charge >= 0.3 is 0 Å². The maximum atomic E-state index is 12.5. The zero-order chi connectivity index (χ0) is 20.8. The molecule has 1 aliphatic rings. The molecule has 150 valence electrons. The lowest BCUT2D eigenvalue weighted by molar-refractivity contribution is 0.374. The van der Waals surface area contributed by atoms with Crippen molar-refractivity contribution >= 4 is 38.2 Å². The minimum absolute atomic E-state index is 0.289. The minimum atomic E-state index is -3.60. The number of hydrogen-bond acceptors (Lipinski definition) is 5. The lowest BCUT2D eigenvalue weighted by atomic mass is 9.98. The summed E-state index contributed by atoms with van der Waals surface area (Å²) in [7, 11) is -2.00. The molecule has 0 saturated heterocycles. The van der Waals surface area contributed by atoms with Crippen molar-refractivity contribution < 1.29 is 13.2 Å². The summed E-state index contributed by atoms with van der Waals surface area (Å²) < 4.78 is 31.2. The number of aryl methyl sites for hydroxylation is 1. The number of aromatic nitrogens is 1. The SMILES string of the molecule is COc1ccc(C2=NN(S(C)(=O)=O)C(c3cc4cccc(C)c4nc3Cl)C2)cc1. The monoisotopic (exact) mass is 429 g/mol. The van der Waals surface area contributed by atoms with Crippen LogP contribution in [0.3, 0.4) is 0 Å². The predicted octanol–water partition coefficient (Wildman–Crippen LogP) is 4.32. The summed E-state index contributed by atoms with van der Waals surface area (Å²) in [5.74, 6) is 0.723. The highest BCUT2D eigenvalue weighted by atomic mass is 35.5. The first-order chi connectivity index (χ1) is 13.8. The molecule has 4 rings (SSSR count). The average Bonchev–Trinajstić information content (AvgIpc) is 3.14. The second-order valence-electron chi connectivity index (χ2n) is 7.05. The molecule has 0 bridgehead atoms. The third kappa shape index (κ3) is 3.68. The number of halogens is 1. The fourth-order valence-electron chi connectivity index (χ4n) is 3.56. The molecule has 1 aromatic heterocycles. The number of pyridine rings is 1. The van der Waals surface area contributed by atoms with E-state index in [1.54, 1.807) is 7.11 Å². The molecule has 0 N–H and O–H groups in total. The summed E-state index contributed by atoms with van der Waals surface area (Å²) >= 11 is 6.50. The molecule has 0 aliphatic carbocycles. The molecule has 0 amide bonds. The third-order valence-corrected chi connectivity index (χ3v) is 6.34. The van der Waals surface area contributed by atoms with E-state index >= 15 is 0 Å². The van der Waals surface area contributed by atoms with Crippen LogP contribution >= 0.6 is 11.6 Å². The van der Waals surface area contributed by atoms with E-state index in [1.165, 1.54) is 0 Å². The van der Waals surface area contributed by atoms with Crippen molar-refractivity contribution in [1.29, 1.82) is 0 Å². The standard InChI is InChI=1S/C21H20ClN3O3S/c1-13-5-4-6-15-11-17(21(22)23-20(13)15)19-12-18(24-25(19)29(3,26)27)14-7-9-16(28-2)10-8-14/h4-11,19H,12H2,1-3H3. The Morgan fingerprint density at radius 1 is 1.17 bits per heavy atom. The number of rotatable bonds is 4. The largest absolute Gasteiger partial charge is 0.497 e. The van der Waals surface area contributed by atoms with Crippen LogP contribution in [0.5, 0.6) is 5.75 Å². The summed E-state index contributed by atoms with van der Waals surface area (Å²) in [6, 6.07) is 14.6. The molecule has 29 heavy (non-hydrogen) atoms. The van der Waals surface area contributed by atoms with Crippen LogP contribution in [0.1, 0.15) is 29.2 Å². The van der Waals surface area contributed by atoms with E-state index in [1.807, 2.05) is 55.5 Å². The van der Waals surface area contributed by atoms with Gasteiger partial charge in [-0.1, -0.05) is 29.8 Å². The van der Waals surface area contributed by atoms with Gasteiger partial charge in [-0.15, -0.1) is 0 Å². The summed E-state index contributed by atoms with van der Waals surface area (Å²) in [5, 5.41) is 5.62. The molecule has 3 aromatic rings. The normalized spacial score (nSPS) is 16.9. The Bertz CT molecular complexity index is 1220. The van der Waals surface area contributed by atoms with Gasteiger partial charge in [0.15, 0.2) is 0 Å². The zero-order valence-electron chi connectivity index (χ0n) is 16.3. The average molecular weight is 430 g/mol. The topological polar surface area (TPSA) is 71.9 Å². The predicted molar refractivity (Wildman–Crippen MR) is 115 cm³/mol. The van der Waals surface area contributed by atoms with E-state index in [2.05, 4.69) is 10.1 Å². The van der Waals surface area contributed by atoms with Crippen LogP contribution in [0, 0.1) is 6.92 Å². The molecule has 0 radical (unpaired) electrons. The van der Waals surface area contributed by atoms with E-state index in [4.69, 9.17) is 16.3 Å². The Hall–Kier alpha value is -2.64. The number of hydrogen-bond donors (Lipinski definition) is 0. The fourth-order valence-corrected chi connectivity index (χ4v) is 4.72. The van der Waals surface area contributed by atoms with Gasteiger partial charge in [-0.3, -0.25) is 0 Å². The van der Waals surface area contributed by atoms with Gasteiger partial charge in [0, 0.05) is 17.4 Å². The Morgan fingerprint density at radius 3 is 2.55 bits per heavy atom. The Balaban J connectivity index is 1.79. The van der Waals surface area contributed by atoms with E-state index in [0.29, 0.717) is 17.7 Å². The van der Waals surface area contributed by atoms with Crippen molar-refractivity contribution in [1.82, 2.24) is 9.40 Å². The summed E-state index contributed by atoms with van der Waals surface area (Å²) in [6.07, 6.45) is 1.55. The molecule has 2 heterocycles. The highest BCUT2D eigenvalue weighted by Crippen LogP contribution is 2.38. The Labute approximate surface area is 174 Å². The highest BCUT2D eigenvalue weighted by molar-refractivity contribution is 7.88. The number of nitrogens with zero attached hydrogens (tertiary/aromatic N) is 3. The first kappa shape index (κ1) is 19.7. The number of hydrazone groups is 1. The molecule has 6 nitrogen and oxygen atoms in total. The number of fused-ring (bicyclic) bond motifs is 1. The molecular formula is C21H20ClN3O3S. The van der Waals surface area contributed by atoms with Gasteiger partial charge in [0.2, 0.25) is 10.0 Å². The van der Waals surface area contributed by atoms with Crippen molar-refractivity contribution in [2.45, 2.75) is 19.4 Å². The number of sulfonamides is 1. The highest BCUT2D eigenvalue weighted by Gasteiger charge is 2.36. The molecule has 0 saturated carbocycles. The Morgan fingerprint density at radius 2 is 1.90 bits per heavy atom. The van der Waals surface area contributed by atoms with Crippen LogP contribution in [0.2, 0.25) is 5.15 Å². The molecular weight excluding hydrogens is 410 g/mol. The Kier molecular flexibility index (Phi) is 4.96. The van der Waals surface area contributed by atoms with Crippen LogP contribution in [-0.2, 0) is 10.0 Å². The molecule has 0 fully saturated rings. The van der Waals surface area contributed by atoms with Crippen molar-refractivity contribution in [2.24, 2.45) is 5.10 Å². The first-order valence-electron chi connectivity index (χ1n) is 9.05. The van der Waals surface area contributed by atoms with Gasteiger partial charge < -0.3 is 4.74 Å². The number of para-hydroxylation sites is 1. The fraction of sp³-hybridized carbons (Fsp3) is 0.238. The van der Waals surface area contributed by atoms with Crippen molar-refractivity contribution in [3.63, 3.8) is 0 Å². The maximum absolute atomic E-state index is 12.5. The van der Waals surface area contributed by atoms with Crippen molar-refractivity contribution in [3.05, 3.63) is 70.4 Å². The summed E-state index contributed by atoms with van der Waals surface area (Å²) in [5.41, 5.74) is 3.97. The van der Waals surface area contributed by atoms with E-state index < -0.39 is 16.1 Å². The van der Waals surface area contributed by atoms with Gasteiger partial charge in [-0.2, -0.15) is 9.52 Å². The van der Waals surface area contributed by atoms with Gasteiger partial charge in [-0.05, 0) is 48.4 Å². The van der Waals surface area contributed by atoms with E-state index in [-0.39, 0.29) is 5.15 Å². The lowest BCUT2D eigenvalue weighted by Gasteiger charge is -2.22. The van der Waals surface area contributed by atoms with Crippen LogP contribution < -0.4 is 4.74 Å². The third-order valence-electron chi connectivity index (χ3n) is 5.02. The quantitative estimate of drug-likeness (QED) is 0.579. The van der Waals surface area contributed by atoms with Crippen LogP contribution in [-0.4, -0.2) is 36.9 Å². The summed E-state index contributed by atoms with van der Waals surface area (Å²) in [6.45, 7) is 1.97. The molecule has 1 atom stereocenters. The van der Waals surface area contributed by atoms with Crippen LogP contribution in [0.15, 0.2) is 53.6 Å². The number of methoxy groups -OCH3 is 1. The summed E-state index contributed by atoms with van der Waals surface area (Å²) in [4.78, 5) is 4.53. The smallest absolute Gasteiger partial charge is 0.247 e. The zero-order valence-corrected chi connectivity index (χ0v) is 17.8. The second-order valence-corrected chi connectivity index (χ2v) is 9.24. The molecule has 1 aliphatic heterocycles. The molecule has 1 unspecified atom stereocenters. The lowest BCUT2D eigenvalue weighted by Crippen LogP contribution is -2.26.